The predicted molar refractivity (Wildman–Crippen MR) is 66.9 cm³/mol. The van der Waals surface area contributed by atoms with Gasteiger partial charge in [0.15, 0.2) is 5.82 Å². The minimum atomic E-state index is -4.36. The Bertz CT molecular complexity index is 706. The highest BCUT2D eigenvalue weighted by molar-refractivity contribution is 7.86. The van der Waals surface area contributed by atoms with Gasteiger partial charge in [0.1, 0.15) is 4.90 Å². The van der Waals surface area contributed by atoms with Gasteiger partial charge in [0, 0.05) is 0 Å². The Kier molecular flexibility index (Phi) is 2.76. The second kappa shape index (κ2) is 4.00. The SMILES string of the molecule is Cc1nn(-c2ccccc2S(=O)(=O)O)c(N)c1N. The van der Waals surface area contributed by atoms with E-state index in [0.717, 1.165) is 0 Å². The number of nitrogen functional groups attached to an aromatic ring is 2. The summed E-state index contributed by atoms with van der Waals surface area (Å²) in [5.74, 6) is 0.128. The van der Waals surface area contributed by atoms with E-state index in [9.17, 15) is 8.42 Å². The van der Waals surface area contributed by atoms with Gasteiger partial charge in [-0.2, -0.15) is 13.5 Å². The summed E-state index contributed by atoms with van der Waals surface area (Å²) in [7, 11) is -4.36. The molecular formula is C10H12N4O3S. The van der Waals surface area contributed by atoms with Crippen LogP contribution < -0.4 is 11.5 Å². The molecule has 7 nitrogen and oxygen atoms in total. The number of hydrogen-bond acceptors (Lipinski definition) is 5. The summed E-state index contributed by atoms with van der Waals surface area (Å²) in [6.07, 6.45) is 0. The third kappa shape index (κ3) is 1.91. The molecule has 0 amide bonds. The topological polar surface area (TPSA) is 124 Å². The van der Waals surface area contributed by atoms with Gasteiger partial charge in [0.25, 0.3) is 10.1 Å². The fraction of sp³-hybridized carbons (Fsp3) is 0.100. The molecule has 0 radical (unpaired) electrons. The van der Waals surface area contributed by atoms with Crippen LogP contribution in [0.4, 0.5) is 11.5 Å². The maximum absolute atomic E-state index is 11.3. The maximum Gasteiger partial charge on any atom is 0.296 e. The summed E-state index contributed by atoms with van der Waals surface area (Å²) >= 11 is 0. The quantitative estimate of drug-likeness (QED) is 0.685. The van der Waals surface area contributed by atoms with Crippen molar-refractivity contribution < 1.29 is 13.0 Å². The molecule has 5 N–H and O–H groups in total. The largest absolute Gasteiger partial charge is 0.394 e. The highest BCUT2D eigenvalue weighted by atomic mass is 32.2. The number of rotatable bonds is 2. The van der Waals surface area contributed by atoms with E-state index in [1.807, 2.05) is 0 Å². The van der Waals surface area contributed by atoms with Crippen molar-refractivity contribution in [3.8, 4) is 5.69 Å². The van der Waals surface area contributed by atoms with Crippen LogP contribution in [0.25, 0.3) is 5.69 Å². The first-order valence-electron chi connectivity index (χ1n) is 5.00. The molecule has 18 heavy (non-hydrogen) atoms. The summed E-state index contributed by atoms with van der Waals surface area (Å²) in [5.41, 5.74) is 12.3. The van der Waals surface area contributed by atoms with Crippen molar-refractivity contribution in [2.45, 2.75) is 11.8 Å². The minimum Gasteiger partial charge on any atom is -0.394 e. The monoisotopic (exact) mass is 268 g/mol. The zero-order chi connectivity index (χ0) is 13.5. The standard InChI is InChI=1S/C10H12N4O3S/c1-6-9(11)10(12)14(13-6)7-4-2-3-5-8(7)18(15,16)17/h2-5H,11-12H2,1H3,(H,15,16,17). The smallest absolute Gasteiger partial charge is 0.296 e. The van der Waals surface area contributed by atoms with Crippen LogP contribution in [0.1, 0.15) is 5.69 Å². The highest BCUT2D eigenvalue weighted by Gasteiger charge is 2.19. The molecule has 0 saturated carbocycles. The van der Waals surface area contributed by atoms with Crippen molar-refractivity contribution in [2.75, 3.05) is 11.5 Å². The van der Waals surface area contributed by atoms with Gasteiger partial charge in [0.2, 0.25) is 0 Å². The van der Waals surface area contributed by atoms with Gasteiger partial charge in [-0.1, -0.05) is 12.1 Å². The van der Waals surface area contributed by atoms with Crippen molar-refractivity contribution in [1.29, 1.82) is 0 Å². The molecule has 0 spiro atoms. The third-order valence-electron chi connectivity index (χ3n) is 2.52. The number of aryl methyl sites for hydroxylation is 1. The lowest BCUT2D eigenvalue weighted by Crippen LogP contribution is -2.09. The van der Waals surface area contributed by atoms with Crippen LogP contribution in [0.2, 0.25) is 0 Å². The molecule has 0 saturated heterocycles. The van der Waals surface area contributed by atoms with Crippen LogP contribution in [-0.2, 0) is 10.1 Å². The normalized spacial score (nSPS) is 11.7. The minimum absolute atomic E-state index is 0.128. The molecule has 96 valence electrons. The molecule has 0 fully saturated rings. The Labute approximate surface area is 104 Å². The summed E-state index contributed by atoms with van der Waals surface area (Å²) in [4.78, 5) is -0.279. The second-order valence-corrected chi connectivity index (χ2v) is 5.13. The first-order chi connectivity index (χ1) is 8.32. The summed E-state index contributed by atoms with van der Waals surface area (Å²) in [5, 5.41) is 4.05. The maximum atomic E-state index is 11.3. The molecule has 0 aliphatic rings. The van der Waals surface area contributed by atoms with E-state index in [0.29, 0.717) is 5.69 Å². The molecule has 1 heterocycles. The number of hydrogen-bond donors (Lipinski definition) is 3. The average molecular weight is 268 g/mol. The van der Waals surface area contributed by atoms with Crippen molar-refractivity contribution in [1.82, 2.24) is 9.78 Å². The molecule has 2 rings (SSSR count). The Morgan fingerprint density at radius 1 is 1.28 bits per heavy atom. The predicted octanol–water partition coefficient (Wildman–Crippen LogP) is 0.592. The molecular weight excluding hydrogens is 256 g/mol. The van der Waals surface area contributed by atoms with Gasteiger partial charge >= 0.3 is 0 Å². The number of nitrogens with zero attached hydrogens (tertiary/aromatic N) is 2. The van der Waals surface area contributed by atoms with E-state index >= 15 is 0 Å². The zero-order valence-corrected chi connectivity index (χ0v) is 10.3. The van der Waals surface area contributed by atoms with Crippen LogP contribution in [0.3, 0.4) is 0 Å². The molecule has 8 heteroatoms. The van der Waals surface area contributed by atoms with Crippen LogP contribution in [-0.4, -0.2) is 22.8 Å². The van der Waals surface area contributed by atoms with E-state index in [1.54, 1.807) is 13.0 Å². The first-order valence-corrected chi connectivity index (χ1v) is 6.44. The first kappa shape index (κ1) is 12.4. The third-order valence-corrected chi connectivity index (χ3v) is 3.42. The summed E-state index contributed by atoms with van der Waals surface area (Å²) in [6.45, 7) is 1.65. The van der Waals surface area contributed by atoms with Crippen molar-refractivity contribution in [3.63, 3.8) is 0 Å². The van der Waals surface area contributed by atoms with Crippen LogP contribution in [0, 0.1) is 6.92 Å². The van der Waals surface area contributed by atoms with Crippen molar-refractivity contribution in [3.05, 3.63) is 30.0 Å². The number of benzene rings is 1. The Hall–Kier alpha value is -2.06. The lowest BCUT2D eigenvalue weighted by atomic mass is 10.3. The number of para-hydroxylation sites is 1. The Morgan fingerprint density at radius 2 is 1.89 bits per heavy atom. The second-order valence-electron chi connectivity index (χ2n) is 3.74. The molecule has 0 bridgehead atoms. The Balaban J connectivity index is 2.76. The fourth-order valence-corrected chi connectivity index (χ4v) is 2.26. The van der Waals surface area contributed by atoms with Crippen LogP contribution >= 0.6 is 0 Å². The zero-order valence-electron chi connectivity index (χ0n) is 9.53. The van der Waals surface area contributed by atoms with Crippen molar-refractivity contribution >= 4 is 21.6 Å². The van der Waals surface area contributed by atoms with Gasteiger partial charge < -0.3 is 11.5 Å². The van der Waals surface area contributed by atoms with Crippen LogP contribution in [0.5, 0.6) is 0 Å². The molecule has 1 aromatic carbocycles. The fourth-order valence-electron chi connectivity index (χ4n) is 1.59. The average Bonchev–Trinajstić information content (AvgIpc) is 2.56. The van der Waals surface area contributed by atoms with E-state index in [2.05, 4.69) is 5.10 Å². The summed E-state index contributed by atoms with van der Waals surface area (Å²) < 4.78 is 32.9. The molecule has 0 aliphatic carbocycles. The van der Waals surface area contributed by atoms with Gasteiger partial charge in [-0.3, -0.25) is 4.55 Å². The molecule has 0 aliphatic heterocycles. The van der Waals surface area contributed by atoms with Gasteiger partial charge in [-0.25, -0.2) is 4.68 Å². The lowest BCUT2D eigenvalue weighted by molar-refractivity contribution is 0.482. The molecule has 2 aromatic rings. The van der Waals surface area contributed by atoms with E-state index < -0.39 is 10.1 Å². The van der Waals surface area contributed by atoms with Crippen molar-refractivity contribution in [2.24, 2.45) is 0 Å². The molecule has 1 aromatic heterocycles. The van der Waals surface area contributed by atoms with Gasteiger partial charge in [-0.15, -0.1) is 0 Å². The van der Waals surface area contributed by atoms with Gasteiger partial charge in [-0.05, 0) is 19.1 Å². The highest BCUT2D eigenvalue weighted by Crippen LogP contribution is 2.26. The van der Waals surface area contributed by atoms with Gasteiger partial charge in [0.05, 0.1) is 17.1 Å². The summed E-state index contributed by atoms with van der Waals surface area (Å²) in [6, 6.07) is 5.84. The lowest BCUT2D eigenvalue weighted by Gasteiger charge is -2.08. The van der Waals surface area contributed by atoms with Crippen LogP contribution in [0.15, 0.2) is 29.2 Å². The van der Waals surface area contributed by atoms with E-state index in [-0.39, 0.29) is 22.1 Å². The van der Waals surface area contributed by atoms with E-state index in [4.69, 9.17) is 16.0 Å². The molecule has 0 atom stereocenters. The number of nitrogens with two attached hydrogens (primary N) is 2. The number of aromatic nitrogens is 2. The van der Waals surface area contributed by atoms with E-state index in [1.165, 1.54) is 22.9 Å². The Morgan fingerprint density at radius 3 is 2.39 bits per heavy atom. The number of anilines is 2. The molecule has 0 unspecified atom stereocenters.